The van der Waals surface area contributed by atoms with Gasteiger partial charge in [0, 0.05) is 12.6 Å². The Kier molecular flexibility index (Phi) is 5.46. The molecule has 0 aliphatic heterocycles. The fourth-order valence-corrected chi connectivity index (χ4v) is 3.23. The van der Waals surface area contributed by atoms with Gasteiger partial charge in [-0.15, -0.1) is 0 Å². The zero-order chi connectivity index (χ0) is 16.9. The van der Waals surface area contributed by atoms with Gasteiger partial charge in [0.05, 0.1) is 21.3 Å². The normalized spacial score (nSPS) is 11.1. The highest BCUT2D eigenvalue weighted by Gasteiger charge is 2.20. The summed E-state index contributed by atoms with van der Waals surface area (Å²) in [7, 11) is 0.704. The van der Waals surface area contributed by atoms with E-state index in [1.54, 1.807) is 37.4 Å². The molecule has 0 spiro atoms. The first kappa shape index (κ1) is 17.1. The Labute approximate surface area is 136 Å². The van der Waals surface area contributed by atoms with Crippen LogP contribution in [-0.2, 0) is 16.6 Å². The predicted octanol–water partition coefficient (Wildman–Crippen LogP) is 2.19. The topological polar surface area (TPSA) is 73.9 Å². The molecule has 124 valence electrons. The first-order valence-electron chi connectivity index (χ1n) is 6.85. The zero-order valence-electron chi connectivity index (χ0n) is 13.2. The highest BCUT2D eigenvalue weighted by molar-refractivity contribution is 7.89. The lowest BCUT2D eigenvalue weighted by Crippen LogP contribution is -2.23. The van der Waals surface area contributed by atoms with E-state index in [1.807, 2.05) is 6.07 Å². The maximum absolute atomic E-state index is 12.5. The second kappa shape index (κ2) is 7.34. The number of sulfonamides is 1. The smallest absolute Gasteiger partial charge is 0.244 e. The lowest BCUT2D eigenvalue weighted by molar-refractivity contribution is 0.392. The molecular weight excluding hydrogens is 318 g/mol. The van der Waals surface area contributed by atoms with Gasteiger partial charge in [-0.2, -0.15) is 0 Å². The van der Waals surface area contributed by atoms with Crippen molar-refractivity contribution in [1.29, 1.82) is 0 Å². The van der Waals surface area contributed by atoms with Crippen LogP contribution in [0.5, 0.6) is 17.2 Å². The molecule has 2 aromatic carbocycles. The summed E-state index contributed by atoms with van der Waals surface area (Å²) < 4.78 is 42.9. The average Bonchev–Trinajstić information content (AvgIpc) is 2.59. The van der Waals surface area contributed by atoms with Crippen LogP contribution in [0.3, 0.4) is 0 Å². The lowest BCUT2D eigenvalue weighted by atomic mass is 10.2. The Morgan fingerprint density at radius 3 is 2.26 bits per heavy atom. The second-order valence-electron chi connectivity index (χ2n) is 4.69. The van der Waals surface area contributed by atoms with E-state index in [1.165, 1.54) is 20.3 Å². The number of hydrogen-bond acceptors (Lipinski definition) is 5. The maximum atomic E-state index is 12.5. The van der Waals surface area contributed by atoms with Gasteiger partial charge in [0.2, 0.25) is 10.0 Å². The standard InChI is InChI=1S/C16H19NO5S/c1-20-13-6-4-5-12(9-13)11-17-23(18,19)16-10-14(21-2)7-8-15(16)22-3/h4-10,17H,11H2,1-3H3. The van der Waals surface area contributed by atoms with Gasteiger partial charge in [0.15, 0.2) is 0 Å². The summed E-state index contributed by atoms with van der Waals surface area (Å²) in [5.74, 6) is 1.36. The van der Waals surface area contributed by atoms with Gasteiger partial charge in [0.1, 0.15) is 22.1 Å². The monoisotopic (exact) mass is 337 g/mol. The first-order chi connectivity index (χ1) is 11.0. The highest BCUT2D eigenvalue weighted by atomic mass is 32.2. The summed E-state index contributed by atoms with van der Waals surface area (Å²) in [4.78, 5) is 0.0299. The van der Waals surface area contributed by atoms with E-state index in [2.05, 4.69) is 4.72 Å². The van der Waals surface area contributed by atoms with Crippen molar-refractivity contribution in [2.75, 3.05) is 21.3 Å². The largest absolute Gasteiger partial charge is 0.497 e. The molecule has 0 radical (unpaired) electrons. The van der Waals surface area contributed by atoms with Gasteiger partial charge in [-0.05, 0) is 29.8 Å². The molecule has 0 amide bonds. The molecule has 0 bridgehead atoms. The molecule has 0 aliphatic rings. The molecule has 7 heteroatoms. The fourth-order valence-electron chi connectivity index (χ4n) is 2.03. The van der Waals surface area contributed by atoms with Gasteiger partial charge in [0.25, 0.3) is 0 Å². The number of methoxy groups -OCH3 is 3. The van der Waals surface area contributed by atoms with E-state index in [-0.39, 0.29) is 17.2 Å². The van der Waals surface area contributed by atoms with Crippen LogP contribution < -0.4 is 18.9 Å². The SMILES string of the molecule is COc1cccc(CNS(=O)(=O)c2cc(OC)ccc2OC)c1. The fraction of sp³-hybridized carbons (Fsp3) is 0.250. The maximum Gasteiger partial charge on any atom is 0.244 e. The Hall–Kier alpha value is -2.25. The summed E-state index contributed by atoms with van der Waals surface area (Å²) in [6, 6.07) is 11.8. The quantitative estimate of drug-likeness (QED) is 0.838. The van der Waals surface area contributed by atoms with Gasteiger partial charge in [-0.3, -0.25) is 0 Å². The van der Waals surface area contributed by atoms with Crippen LogP contribution in [0.4, 0.5) is 0 Å². The summed E-state index contributed by atoms with van der Waals surface area (Å²) >= 11 is 0. The van der Waals surface area contributed by atoms with Crippen molar-refractivity contribution in [1.82, 2.24) is 4.72 Å². The van der Waals surface area contributed by atoms with Crippen molar-refractivity contribution < 1.29 is 22.6 Å². The molecule has 23 heavy (non-hydrogen) atoms. The number of ether oxygens (including phenoxy) is 3. The summed E-state index contributed by atoms with van der Waals surface area (Å²) in [6.45, 7) is 0.139. The van der Waals surface area contributed by atoms with Crippen LogP contribution in [0.1, 0.15) is 5.56 Å². The molecule has 0 heterocycles. The lowest BCUT2D eigenvalue weighted by Gasteiger charge is -2.12. The molecular formula is C16H19NO5S. The van der Waals surface area contributed by atoms with Crippen molar-refractivity contribution in [2.45, 2.75) is 11.4 Å². The molecule has 1 N–H and O–H groups in total. The highest BCUT2D eigenvalue weighted by Crippen LogP contribution is 2.28. The Balaban J connectivity index is 2.24. The van der Waals surface area contributed by atoms with Crippen molar-refractivity contribution in [3.63, 3.8) is 0 Å². The summed E-state index contributed by atoms with van der Waals surface area (Å²) in [6.07, 6.45) is 0. The molecule has 2 aromatic rings. The third-order valence-electron chi connectivity index (χ3n) is 3.26. The Morgan fingerprint density at radius 2 is 1.61 bits per heavy atom. The van der Waals surface area contributed by atoms with E-state index in [0.717, 1.165) is 5.56 Å². The molecule has 0 saturated heterocycles. The van der Waals surface area contributed by atoms with Gasteiger partial charge < -0.3 is 14.2 Å². The summed E-state index contributed by atoms with van der Waals surface area (Å²) in [5.41, 5.74) is 0.787. The van der Waals surface area contributed by atoms with Crippen molar-refractivity contribution >= 4 is 10.0 Å². The number of nitrogens with one attached hydrogen (secondary N) is 1. The van der Waals surface area contributed by atoms with Crippen LogP contribution in [0.15, 0.2) is 47.4 Å². The molecule has 0 saturated carbocycles. The third-order valence-corrected chi connectivity index (χ3v) is 4.68. The van der Waals surface area contributed by atoms with Crippen LogP contribution in [0.2, 0.25) is 0 Å². The molecule has 0 atom stereocenters. The van der Waals surface area contributed by atoms with E-state index in [9.17, 15) is 8.42 Å². The number of hydrogen-bond donors (Lipinski definition) is 1. The van der Waals surface area contributed by atoms with Crippen LogP contribution in [0, 0.1) is 0 Å². The van der Waals surface area contributed by atoms with Crippen molar-refractivity contribution in [3.8, 4) is 17.2 Å². The van der Waals surface area contributed by atoms with E-state index >= 15 is 0 Å². The molecule has 0 fully saturated rings. The number of benzene rings is 2. The van der Waals surface area contributed by atoms with Crippen LogP contribution in [-0.4, -0.2) is 29.7 Å². The molecule has 0 aromatic heterocycles. The molecule has 0 unspecified atom stereocenters. The van der Waals surface area contributed by atoms with Gasteiger partial charge in [-0.25, -0.2) is 13.1 Å². The van der Waals surface area contributed by atoms with Crippen molar-refractivity contribution in [2.24, 2.45) is 0 Å². The Morgan fingerprint density at radius 1 is 0.913 bits per heavy atom. The molecule has 0 aliphatic carbocycles. The Bertz CT molecular complexity index is 774. The van der Waals surface area contributed by atoms with Gasteiger partial charge in [-0.1, -0.05) is 12.1 Å². The van der Waals surface area contributed by atoms with Crippen LogP contribution >= 0.6 is 0 Å². The minimum absolute atomic E-state index is 0.0299. The van der Waals surface area contributed by atoms with E-state index in [4.69, 9.17) is 14.2 Å². The zero-order valence-corrected chi connectivity index (χ0v) is 14.0. The number of rotatable bonds is 7. The predicted molar refractivity (Wildman–Crippen MR) is 86.6 cm³/mol. The van der Waals surface area contributed by atoms with E-state index < -0.39 is 10.0 Å². The summed E-state index contributed by atoms with van der Waals surface area (Å²) in [5, 5.41) is 0. The first-order valence-corrected chi connectivity index (χ1v) is 8.33. The minimum atomic E-state index is -3.75. The van der Waals surface area contributed by atoms with Crippen LogP contribution in [0.25, 0.3) is 0 Å². The third kappa shape index (κ3) is 4.14. The second-order valence-corrected chi connectivity index (χ2v) is 6.43. The minimum Gasteiger partial charge on any atom is -0.497 e. The molecule has 2 rings (SSSR count). The van der Waals surface area contributed by atoms with Gasteiger partial charge >= 0.3 is 0 Å². The average molecular weight is 337 g/mol. The molecule has 6 nitrogen and oxygen atoms in total. The van der Waals surface area contributed by atoms with Crippen molar-refractivity contribution in [3.05, 3.63) is 48.0 Å². The van der Waals surface area contributed by atoms with E-state index in [0.29, 0.717) is 11.5 Å².